The van der Waals surface area contributed by atoms with E-state index in [1.807, 2.05) is 0 Å². The summed E-state index contributed by atoms with van der Waals surface area (Å²) >= 11 is 11.7. The van der Waals surface area contributed by atoms with Gasteiger partial charge in [0.2, 0.25) is 0 Å². The lowest BCUT2D eigenvalue weighted by Crippen LogP contribution is -2.17. The third-order valence-corrected chi connectivity index (χ3v) is 2.53. The number of methoxy groups -OCH3 is 2. The van der Waals surface area contributed by atoms with E-state index in [9.17, 15) is 0 Å². The van der Waals surface area contributed by atoms with Gasteiger partial charge in [0, 0.05) is 0 Å². The Morgan fingerprint density at radius 3 is 1.58 bits per heavy atom. The summed E-state index contributed by atoms with van der Waals surface area (Å²) in [4.78, 5) is 0. The fourth-order valence-electron chi connectivity index (χ4n) is 0.975. The van der Waals surface area contributed by atoms with Crippen molar-refractivity contribution >= 4 is 23.2 Å². The lowest BCUT2D eigenvalue weighted by Gasteiger charge is -2.19. The fourth-order valence-corrected chi connectivity index (χ4v) is 1.35. The number of allylic oxidation sites excluding steroid dienone is 2. The molecule has 0 spiro atoms. The molecule has 12 heavy (non-hydrogen) atoms. The first-order valence-corrected chi connectivity index (χ1v) is 4.36. The predicted octanol–water partition coefficient (Wildman–Crippen LogP) is 2.28. The molecule has 0 aromatic rings. The van der Waals surface area contributed by atoms with Gasteiger partial charge in [-0.1, -0.05) is 0 Å². The van der Waals surface area contributed by atoms with E-state index in [1.54, 1.807) is 26.4 Å². The third kappa shape index (κ3) is 1.87. The van der Waals surface area contributed by atoms with Gasteiger partial charge in [-0.05, 0) is 12.2 Å². The fraction of sp³-hybridized carbons (Fsp3) is 0.500. The molecule has 2 atom stereocenters. The highest BCUT2D eigenvalue weighted by molar-refractivity contribution is 6.31. The average Bonchev–Trinajstić information content (AvgIpc) is 2.09. The molecule has 0 radical (unpaired) electrons. The monoisotopic (exact) mass is 208 g/mol. The van der Waals surface area contributed by atoms with Gasteiger partial charge in [0.1, 0.15) is 0 Å². The maximum absolute atomic E-state index is 5.87. The standard InChI is InChI=1S/C8H10Cl2O2/c1-11-7-3-5(9)6(10)4-8(7)12-2/h3-6H,1-2H3. The Labute approximate surface area is 81.7 Å². The van der Waals surface area contributed by atoms with E-state index in [4.69, 9.17) is 32.7 Å². The summed E-state index contributed by atoms with van der Waals surface area (Å²) in [7, 11) is 3.13. The van der Waals surface area contributed by atoms with Gasteiger partial charge in [0.25, 0.3) is 0 Å². The van der Waals surface area contributed by atoms with Gasteiger partial charge in [0.15, 0.2) is 11.5 Å². The third-order valence-electron chi connectivity index (χ3n) is 1.61. The van der Waals surface area contributed by atoms with E-state index in [-0.39, 0.29) is 10.8 Å². The molecule has 4 heteroatoms. The maximum Gasteiger partial charge on any atom is 0.158 e. The molecule has 0 aromatic heterocycles. The van der Waals surface area contributed by atoms with E-state index in [0.717, 1.165) is 0 Å². The number of halogens is 2. The molecule has 2 unspecified atom stereocenters. The van der Waals surface area contributed by atoms with Crippen molar-refractivity contribution in [2.45, 2.75) is 10.8 Å². The molecule has 0 N–H and O–H groups in total. The van der Waals surface area contributed by atoms with Gasteiger partial charge >= 0.3 is 0 Å². The molecule has 1 rings (SSSR count). The number of ether oxygens (including phenoxy) is 2. The molecule has 1 aliphatic rings. The van der Waals surface area contributed by atoms with Crippen LogP contribution in [0, 0.1) is 0 Å². The SMILES string of the molecule is COC1=CC(Cl)C(Cl)C=C1OC. The van der Waals surface area contributed by atoms with Crippen molar-refractivity contribution in [2.75, 3.05) is 14.2 Å². The summed E-state index contributed by atoms with van der Waals surface area (Å²) in [5.41, 5.74) is 0. The van der Waals surface area contributed by atoms with E-state index >= 15 is 0 Å². The minimum absolute atomic E-state index is 0.236. The Bertz CT molecular complexity index is 199. The highest BCUT2D eigenvalue weighted by Gasteiger charge is 2.22. The van der Waals surface area contributed by atoms with Crippen LogP contribution in [-0.2, 0) is 9.47 Å². The molecule has 0 aliphatic heterocycles. The summed E-state index contributed by atoms with van der Waals surface area (Å²) in [5, 5.41) is -0.471. The van der Waals surface area contributed by atoms with Crippen LogP contribution < -0.4 is 0 Å². The van der Waals surface area contributed by atoms with Crippen LogP contribution >= 0.6 is 23.2 Å². The second kappa shape index (κ2) is 4.06. The van der Waals surface area contributed by atoms with E-state index in [2.05, 4.69) is 0 Å². The second-order valence-electron chi connectivity index (χ2n) is 2.36. The molecular weight excluding hydrogens is 199 g/mol. The van der Waals surface area contributed by atoms with Gasteiger partial charge in [-0.2, -0.15) is 0 Å². The topological polar surface area (TPSA) is 18.5 Å². The average molecular weight is 209 g/mol. The predicted molar refractivity (Wildman–Crippen MR) is 49.5 cm³/mol. The minimum atomic E-state index is -0.236. The van der Waals surface area contributed by atoms with Crippen LogP contribution in [0.3, 0.4) is 0 Å². The van der Waals surface area contributed by atoms with Crippen molar-refractivity contribution in [3.63, 3.8) is 0 Å². The van der Waals surface area contributed by atoms with E-state index in [1.165, 1.54) is 0 Å². The van der Waals surface area contributed by atoms with Crippen molar-refractivity contribution in [1.29, 1.82) is 0 Å². The van der Waals surface area contributed by atoms with Crippen LogP contribution in [0.2, 0.25) is 0 Å². The maximum atomic E-state index is 5.87. The van der Waals surface area contributed by atoms with E-state index < -0.39 is 0 Å². The Morgan fingerprint density at radius 1 is 1.00 bits per heavy atom. The van der Waals surface area contributed by atoms with Crippen LogP contribution in [0.4, 0.5) is 0 Å². The zero-order valence-corrected chi connectivity index (χ0v) is 8.39. The highest BCUT2D eigenvalue weighted by Crippen LogP contribution is 2.26. The van der Waals surface area contributed by atoms with Gasteiger partial charge in [0.05, 0.1) is 25.0 Å². The molecule has 0 aromatic carbocycles. The van der Waals surface area contributed by atoms with Crippen molar-refractivity contribution < 1.29 is 9.47 Å². The number of hydrogen-bond acceptors (Lipinski definition) is 2. The van der Waals surface area contributed by atoms with Gasteiger partial charge in [-0.3, -0.25) is 0 Å². The molecule has 0 amide bonds. The van der Waals surface area contributed by atoms with Gasteiger partial charge < -0.3 is 9.47 Å². The van der Waals surface area contributed by atoms with Crippen LogP contribution in [0.25, 0.3) is 0 Å². The van der Waals surface area contributed by atoms with Crippen LogP contribution in [0.1, 0.15) is 0 Å². The van der Waals surface area contributed by atoms with Crippen LogP contribution in [0.15, 0.2) is 23.7 Å². The zero-order valence-electron chi connectivity index (χ0n) is 6.88. The first kappa shape index (κ1) is 9.75. The Balaban J connectivity index is 2.84. The highest BCUT2D eigenvalue weighted by atomic mass is 35.5. The quantitative estimate of drug-likeness (QED) is 0.649. The Hall–Kier alpha value is -0.340. The first-order valence-electron chi connectivity index (χ1n) is 3.49. The van der Waals surface area contributed by atoms with Crippen LogP contribution in [-0.4, -0.2) is 25.0 Å². The Morgan fingerprint density at radius 2 is 1.33 bits per heavy atom. The first-order chi connectivity index (χ1) is 5.69. The molecule has 0 saturated carbocycles. The molecule has 0 saturated heterocycles. The number of alkyl halides is 2. The lowest BCUT2D eigenvalue weighted by molar-refractivity contribution is 0.216. The van der Waals surface area contributed by atoms with Gasteiger partial charge in [-0.15, -0.1) is 23.2 Å². The smallest absolute Gasteiger partial charge is 0.158 e. The normalized spacial score (nSPS) is 29.0. The van der Waals surface area contributed by atoms with Gasteiger partial charge in [-0.25, -0.2) is 0 Å². The molecule has 1 aliphatic carbocycles. The summed E-state index contributed by atoms with van der Waals surface area (Å²) in [5.74, 6) is 1.27. The van der Waals surface area contributed by atoms with Crippen molar-refractivity contribution in [1.82, 2.24) is 0 Å². The second-order valence-corrected chi connectivity index (χ2v) is 3.37. The van der Waals surface area contributed by atoms with Crippen molar-refractivity contribution in [3.05, 3.63) is 23.7 Å². The summed E-state index contributed by atoms with van der Waals surface area (Å²) in [6.07, 6.45) is 3.47. The van der Waals surface area contributed by atoms with Crippen molar-refractivity contribution in [3.8, 4) is 0 Å². The number of hydrogen-bond donors (Lipinski definition) is 0. The molecule has 0 fully saturated rings. The molecule has 2 nitrogen and oxygen atoms in total. The molecule has 68 valence electrons. The van der Waals surface area contributed by atoms with Crippen LogP contribution in [0.5, 0.6) is 0 Å². The largest absolute Gasteiger partial charge is 0.493 e. The summed E-state index contributed by atoms with van der Waals surface area (Å²) < 4.78 is 10.1. The molecule has 0 heterocycles. The summed E-state index contributed by atoms with van der Waals surface area (Å²) in [6, 6.07) is 0. The molecule has 0 bridgehead atoms. The molecular formula is C8H10Cl2O2. The van der Waals surface area contributed by atoms with Crippen molar-refractivity contribution in [2.24, 2.45) is 0 Å². The number of rotatable bonds is 2. The summed E-state index contributed by atoms with van der Waals surface area (Å²) in [6.45, 7) is 0. The minimum Gasteiger partial charge on any atom is -0.493 e. The zero-order chi connectivity index (χ0) is 9.14. The van der Waals surface area contributed by atoms with E-state index in [0.29, 0.717) is 11.5 Å². The lowest BCUT2D eigenvalue weighted by atomic mass is 10.1. The Kier molecular flexibility index (Phi) is 3.29.